The second-order valence-electron chi connectivity index (χ2n) is 8.19. The Kier molecular flexibility index (Phi) is 8.76. The van der Waals surface area contributed by atoms with Gasteiger partial charge in [-0.1, -0.05) is 99.6 Å². The van der Waals surface area contributed by atoms with Crippen LogP contribution in [0, 0.1) is 11.8 Å². The molecule has 0 spiro atoms. The number of carbonyl (C=O) groups excluding carboxylic acids is 2. The van der Waals surface area contributed by atoms with Gasteiger partial charge in [0.1, 0.15) is 12.4 Å². The second-order valence-corrected chi connectivity index (χ2v) is 10.4. The smallest absolute Gasteiger partial charge is 0.339 e. The van der Waals surface area contributed by atoms with Crippen LogP contribution in [0.2, 0.25) is 0 Å². The highest BCUT2D eigenvalue weighted by Crippen LogP contribution is 2.34. The van der Waals surface area contributed by atoms with E-state index in [0.29, 0.717) is 18.4 Å². The van der Waals surface area contributed by atoms with Crippen LogP contribution in [0.3, 0.4) is 0 Å². The van der Waals surface area contributed by atoms with Crippen molar-refractivity contribution in [3.63, 3.8) is 0 Å². The van der Waals surface area contributed by atoms with Crippen molar-refractivity contribution < 1.29 is 14.3 Å². The fourth-order valence-electron chi connectivity index (χ4n) is 4.06. The van der Waals surface area contributed by atoms with E-state index in [1.807, 2.05) is 67.6 Å². The normalized spacial score (nSPS) is 13.0. The summed E-state index contributed by atoms with van der Waals surface area (Å²) in [5.74, 6) is -0.0549. The van der Waals surface area contributed by atoms with Crippen molar-refractivity contribution in [1.29, 1.82) is 0 Å². The lowest BCUT2D eigenvalue weighted by Gasteiger charge is -2.28. The molecule has 0 aromatic heterocycles. The molecule has 0 amide bonds. The van der Waals surface area contributed by atoms with Crippen LogP contribution in [-0.4, -0.2) is 18.4 Å². The monoisotopic (exact) mass is 446 g/mol. The van der Waals surface area contributed by atoms with Crippen molar-refractivity contribution in [3.8, 4) is 0 Å². The molecule has 3 aromatic carbocycles. The van der Waals surface area contributed by atoms with Crippen molar-refractivity contribution in [2.24, 2.45) is 11.8 Å². The molecule has 0 heterocycles. The molecule has 0 unspecified atom stereocenters. The van der Waals surface area contributed by atoms with Crippen molar-refractivity contribution in [1.82, 2.24) is 0 Å². The number of hydrogen-bond acceptors (Lipinski definition) is 3. The quantitative estimate of drug-likeness (QED) is 0.243. The molecule has 0 fully saturated rings. The lowest BCUT2D eigenvalue weighted by Crippen LogP contribution is -2.32. The third-order valence-corrected chi connectivity index (χ3v) is 8.26. The summed E-state index contributed by atoms with van der Waals surface area (Å²) < 4.78 is 6.04. The number of hydrogen-bond donors (Lipinski definition) is 0. The van der Waals surface area contributed by atoms with Crippen LogP contribution in [0.5, 0.6) is 0 Å². The summed E-state index contributed by atoms with van der Waals surface area (Å²) in [4.78, 5) is 24.6. The van der Waals surface area contributed by atoms with Gasteiger partial charge < -0.3 is 9.53 Å². The summed E-state index contributed by atoms with van der Waals surface area (Å²) >= 11 is 0. The highest BCUT2D eigenvalue weighted by atomic mass is 31.1. The second kappa shape index (κ2) is 11.7. The van der Waals surface area contributed by atoms with Crippen LogP contribution in [0.15, 0.2) is 84.9 Å². The first-order valence-corrected chi connectivity index (χ1v) is 12.5. The number of rotatable bonds is 10. The number of esters is 1. The molecule has 166 valence electrons. The number of benzene rings is 3. The van der Waals surface area contributed by atoms with Gasteiger partial charge in [0.2, 0.25) is 0 Å². The molecule has 0 aliphatic heterocycles. The Morgan fingerprint density at radius 2 is 1.41 bits per heavy atom. The van der Waals surface area contributed by atoms with Gasteiger partial charge in [-0.3, -0.25) is 0 Å². The van der Waals surface area contributed by atoms with E-state index in [0.717, 1.165) is 11.6 Å². The maximum Gasteiger partial charge on any atom is 0.339 e. The van der Waals surface area contributed by atoms with Crippen molar-refractivity contribution in [3.05, 3.63) is 90.5 Å². The predicted octanol–water partition coefficient (Wildman–Crippen LogP) is 5.24. The van der Waals surface area contributed by atoms with E-state index in [-0.39, 0.29) is 23.9 Å². The molecule has 4 heteroatoms. The topological polar surface area (TPSA) is 43.4 Å². The molecule has 0 aliphatic rings. The maximum atomic E-state index is 13.4. The van der Waals surface area contributed by atoms with Gasteiger partial charge in [0, 0.05) is 12.3 Å². The first-order valence-electron chi connectivity index (χ1n) is 11.2. The van der Waals surface area contributed by atoms with E-state index in [1.165, 1.54) is 10.6 Å². The first-order chi connectivity index (χ1) is 15.6. The molecule has 0 aliphatic carbocycles. The Morgan fingerprint density at radius 1 is 0.875 bits per heavy atom. The van der Waals surface area contributed by atoms with E-state index in [1.54, 1.807) is 0 Å². The van der Waals surface area contributed by atoms with E-state index >= 15 is 0 Å². The summed E-state index contributed by atoms with van der Waals surface area (Å²) in [5, 5.41) is 3.35. The van der Waals surface area contributed by atoms with E-state index in [2.05, 4.69) is 38.1 Å². The lowest BCUT2D eigenvalue weighted by atomic mass is 9.86. The molecule has 0 saturated carbocycles. The molecule has 3 nitrogen and oxygen atoms in total. The van der Waals surface area contributed by atoms with Crippen LogP contribution < -0.4 is 15.9 Å². The molecular weight excluding hydrogens is 415 g/mol. The zero-order valence-corrected chi connectivity index (χ0v) is 19.9. The number of carbonyl (C=O) groups is 2. The average molecular weight is 447 g/mol. The van der Waals surface area contributed by atoms with Crippen LogP contribution in [0.4, 0.5) is 0 Å². The molecular formula is C28H31O3P. The summed E-state index contributed by atoms with van der Waals surface area (Å²) in [7, 11) is -0.920. The maximum absolute atomic E-state index is 13.4. The van der Waals surface area contributed by atoms with Gasteiger partial charge in [-0.2, -0.15) is 0 Å². The minimum absolute atomic E-state index is 0.0124. The molecule has 3 rings (SSSR count). The molecule has 3 aromatic rings. The highest BCUT2D eigenvalue weighted by molar-refractivity contribution is 7.80. The van der Waals surface area contributed by atoms with Crippen LogP contribution in [0.1, 0.15) is 44.0 Å². The van der Waals surface area contributed by atoms with Gasteiger partial charge in [0.05, 0.1) is 5.56 Å². The minimum Gasteiger partial charge on any atom is -0.458 e. The molecule has 0 radical (unpaired) electrons. The van der Waals surface area contributed by atoms with Crippen molar-refractivity contribution >= 4 is 36.1 Å². The van der Waals surface area contributed by atoms with Gasteiger partial charge in [0.15, 0.2) is 0 Å². The fraction of sp³-hybridized carbons (Fsp3) is 0.286. The molecule has 2 atom stereocenters. The van der Waals surface area contributed by atoms with Gasteiger partial charge in [0.25, 0.3) is 0 Å². The summed E-state index contributed by atoms with van der Waals surface area (Å²) in [6.07, 6.45) is 1.71. The van der Waals surface area contributed by atoms with Gasteiger partial charge in [-0.15, -0.1) is 0 Å². The van der Waals surface area contributed by atoms with Crippen LogP contribution in [-0.2, 0) is 9.53 Å². The third kappa shape index (κ3) is 5.72. The zero-order valence-electron chi connectivity index (χ0n) is 19.0. The number of ether oxygens (including phenoxy) is 1. The average Bonchev–Trinajstić information content (AvgIpc) is 2.83. The standard InChI is InChI=1S/C28H31O3P/c1-4-26(24(19-20-29)21(2)3)31-28(30)25-17-11-12-18-27(25)32(22-13-7-5-8-14-22)23-15-9-6-10-16-23/h5-18,20-21,24,26H,4,19H2,1-3H3/t24-,26+/m0/s1. The fourth-order valence-corrected chi connectivity index (χ4v) is 6.50. The molecule has 0 N–H and O–H groups in total. The Morgan fingerprint density at radius 3 is 1.91 bits per heavy atom. The van der Waals surface area contributed by atoms with E-state index in [9.17, 15) is 9.59 Å². The summed E-state index contributed by atoms with van der Waals surface area (Å²) in [6, 6.07) is 28.4. The Bertz CT molecular complexity index is 962. The van der Waals surface area contributed by atoms with E-state index in [4.69, 9.17) is 4.74 Å². The Balaban J connectivity index is 2.01. The zero-order chi connectivity index (χ0) is 22.9. The molecule has 0 saturated heterocycles. The van der Waals surface area contributed by atoms with Gasteiger partial charge in [-0.05, 0) is 42.2 Å². The van der Waals surface area contributed by atoms with Crippen LogP contribution >= 0.6 is 7.92 Å². The Hall–Kier alpha value is -2.77. The van der Waals surface area contributed by atoms with Crippen molar-refractivity contribution in [2.75, 3.05) is 0 Å². The van der Waals surface area contributed by atoms with E-state index < -0.39 is 7.92 Å². The Labute approximate surface area is 192 Å². The minimum atomic E-state index is -0.920. The van der Waals surface area contributed by atoms with Gasteiger partial charge >= 0.3 is 5.97 Å². The predicted molar refractivity (Wildman–Crippen MR) is 134 cm³/mol. The lowest BCUT2D eigenvalue weighted by molar-refractivity contribution is -0.110. The number of aldehydes is 1. The van der Waals surface area contributed by atoms with Crippen LogP contribution in [0.25, 0.3) is 0 Å². The first kappa shape index (κ1) is 23.9. The summed E-state index contributed by atoms with van der Waals surface area (Å²) in [5.41, 5.74) is 0.596. The summed E-state index contributed by atoms with van der Waals surface area (Å²) in [6.45, 7) is 6.15. The van der Waals surface area contributed by atoms with Gasteiger partial charge in [-0.25, -0.2) is 4.79 Å². The SMILES string of the molecule is CC[C@@H](OC(=O)c1ccccc1P(c1ccccc1)c1ccccc1)[C@@H](CC=O)C(C)C. The third-order valence-electron chi connectivity index (χ3n) is 5.76. The highest BCUT2D eigenvalue weighted by Gasteiger charge is 2.29. The van der Waals surface area contributed by atoms with Crippen molar-refractivity contribution in [2.45, 2.75) is 39.7 Å². The molecule has 0 bridgehead atoms. The largest absolute Gasteiger partial charge is 0.458 e. The molecule has 32 heavy (non-hydrogen) atoms.